The Morgan fingerprint density at radius 2 is 1.69 bits per heavy atom. The van der Waals surface area contributed by atoms with Crippen LogP contribution in [0.5, 0.6) is 0 Å². The molecule has 0 bridgehead atoms. The van der Waals surface area contributed by atoms with Crippen LogP contribution in [-0.2, 0) is 6.54 Å². The molecule has 0 radical (unpaired) electrons. The fourth-order valence-electron chi connectivity index (χ4n) is 2.34. The van der Waals surface area contributed by atoms with Crippen molar-refractivity contribution in [2.45, 2.75) is 32.9 Å². The van der Waals surface area contributed by atoms with Crippen LogP contribution in [0.2, 0.25) is 0 Å². The molecule has 3 rings (SSSR count). The molecule has 0 atom stereocenters. The van der Waals surface area contributed by atoms with E-state index in [1.807, 2.05) is 51.1 Å². The van der Waals surface area contributed by atoms with E-state index in [4.69, 9.17) is 5.73 Å². The Morgan fingerprint density at radius 3 is 2.38 bits per heavy atom. The summed E-state index contributed by atoms with van der Waals surface area (Å²) in [6.45, 7) is 6.76. The van der Waals surface area contributed by atoms with Crippen molar-refractivity contribution in [2.75, 3.05) is 16.4 Å². The zero-order chi connectivity index (χ0) is 18.6. The molecule has 3 aromatic rings. The normalized spacial score (nSPS) is 11.2. The van der Waals surface area contributed by atoms with E-state index >= 15 is 0 Å². The van der Waals surface area contributed by atoms with Gasteiger partial charge in [-0.15, -0.1) is 0 Å². The molecule has 2 heterocycles. The van der Waals surface area contributed by atoms with Gasteiger partial charge in [0.2, 0.25) is 11.9 Å². The largest absolute Gasteiger partial charge is 0.398 e. The summed E-state index contributed by atoms with van der Waals surface area (Å²) in [7, 11) is 0. The lowest BCUT2D eigenvalue weighted by atomic mass is 10.1. The van der Waals surface area contributed by atoms with E-state index in [0.29, 0.717) is 35.5 Å². The minimum Gasteiger partial charge on any atom is -0.398 e. The highest BCUT2D eigenvalue weighted by Crippen LogP contribution is 2.24. The molecule has 0 spiro atoms. The van der Waals surface area contributed by atoms with E-state index in [1.54, 1.807) is 18.5 Å². The van der Waals surface area contributed by atoms with Gasteiger partial charge in [-0.05, 0) is 32.4 Å². The average Bonchev–Trinajstić information content (AvgIpc) is 2.59. The van der Waals surface area contributed by atoms with Crippen LogP contribution in [0.1, 0.15) is 26.3 Å². The maximum atomic E-state index is 6.06. The lowest BCUT2D eigenvalue weighted by Gasteiger charge is -2.21. The molecular weight excluding hydrogens is 326 g/mol. The molecule has 26 heavy (non-hydrogen) atoms. The Labute approximate surface area is 153 Å². The first-order chi connectivity index (χ1) is 12.4. The van der Waals surface area contributed by atoms with Crippen molar-refractivity contribution in [1.29, 1.82) is 0 Å². The molecule has 0 amide bonds. The van der Waals surface area contributed by atoms with Crippen LogP contribution in [0, 0.1) is 0 Å². The van der Waals surface area contributed by atoms with Gasteiger partial charge in [0, 0.05) is 30.2 Å². The van der Waals surface area contributed by atoms with Crippen LogP contribution in [-0.4, -0.2) is 25.5 Å². The van der Waals surface area contributed by atoms with Crippen LogP contribution in [0.25, 0.3) is 11.4 Å². The number of nitrogens with one attached hydrogen (secondary N) is 2. The number of nitrogens with two attached hydrogens (primary N) is 1. The number of benzene rings is 1. The first-order valence-electron chi connectivity index (χ1n) is 8.43. The second-order valence-electron chi connectivity index (χ2n) is 6.98. The van der Waals surface area contributed by atoms with E-state index in [2.05, 4.69) is 30.6 Å². The van der Waals surface area contributed by atoms with Crippen molar-refractivity contribution < 1.29 is 0 Å². The Hall–Kier alpha value is -3.22. The summed E-state index contributed by atoms with van der Waals surface area (Å²) in [5, 5.41) is 6.54. The van der Waals surface area contributed by atoms with Crippen molar-refractivity contribution in [2.24, 2.45) is 0 Å². The smallest absolute Gasteiger partial charge is 0.228 e. The monoisotopic (exact) mass is 349 g/mol. The van der Waals surface area contributed by atoms with Crippen molar-refractivity contribution in [3.63, 3.8) is 0 Å². The number of hydrogen-bond acceptors (Lipinski definition) is 7. The molecule has 2 aromatic heterocycles. The average molecular weight is 349 g/mol. The number of hydrogen-bond donors (Lipinski definition) is 3. The Balaban J connectivity index is 1.93. The Bertz CT molecular complexity index is 873. The third-order valence-electron chi connectivity index (χ3n) is 3.51. The lowest BCUT2D eigenvalue weighted by Crippen LogP contribution is -2.27. The lowest BCUT2D eigenvalue weighted by molar-refractivity contribution is 0.625. The Morgan fingerprint density at radius 1 is 0.962 bits per heavy atom. The highest BCUT2D eigenvalue weighted by molar-refractivity contribution is 5.71. The number of rotatable bonds is 5. The predicted octanol–water partition coefficient (Wildman–Crippen LogP) is 3.34. The highest BCUT2D eigenvalue weighted by atomic mass is 15.2. The van der Waals surface area contributed by atoms with Crippen LogP contribution >= 0.6 is 0 Å². The van der Waals surface area contributed by atoms with E-state index < -0.39 is 0 Å². The molecule has 1 aromatic carbocycles. The van der Waals surface area contributed by atoms with Gasteiger partial charge in [0.1, 0.15) is 0 Å². The van der Waals surface area contributed by atoms with Gasteiger partial charge in [-0.1, -0.05) is 30.3 Å². The first kappa shape index (κ1) is 17.6. The Kier molecular flexibility index (Phi) is 4.97. The number of aromatic nitrogens is 4. The zero-order valence-corrected chi connectivity index (χ0v) is 15.2. The van der Waals surface area contributed by atoms with Gasteiger partial charge in [0.05, 0.1) is 5.56 Å². The van der Waals surface area contributed by atoms with E-state index in [9.17, 15) is 0 Å². The predicted molar refractivity (Wildman–Crippen MR) is 105 cm³/mol. The topological polar surface area (TPSA) is 102 Å². The maximum Gasteiger partial charge on any atom is 0.228 e. The van der Waals surface area contributed by atoms with Gasteiger partial charge in [0.25, 0.3) is 0 Å². The molecule has 0 unspecified atom stereocenters. The summed E-state index contributed by atoms with van der Waals surface area (Å²) in [4.78, 5) is 17.6. The molecule has 7 nitrogen and oxygen atoms in total. The molecule has 7 heteroatoms. The van der Waals surface area contributed by atoms with Crippen LogP contribution < -0.4 is 16.4 Å². The summed E-state index contributed by atoms with van der Waals surface area (Å²) >= 11 is 0. The van der Waals surface area contributed by atoms with Gasteiger partial charge in [-0.2, -0.15) is 15.0 Å². The molecule has 0 fully saturated rings. The van der Waals surface area contributed by atoms with Crippen LogP contribution in [0.4, 0.5) is 17.6 Å². The summed E-state index contributed by atoms with van der Waals surface area (Å²) in [5.74, 6) is 1.45. The number of pyridine rings is 1. The van der Waals surface area contributed by atoms with E-state index in [0.717, 1.165) is 5.56 Å². The summed E-state index contributed by atoms with van der Waals surface area (Å²) in [6.07, 6.45) is 3.30. The van der Waals surface area contributed by atoms with Crippen LogP contribution in [0.15, 0.2) is 48.8 Å². The quantitative estimate of drug-likeness (QED) is 0.649. The third kappa shape index (κ3) is 4.66. The second kappa shape index (κ2) is 7.35. The van der Waals surface area contributed by atoms with Gasteiger partial charge < -0.3 is 16.4 Å². The van der Waals surface area contributed by atoms with Crippen molar-refractivity contribution >= 4 is 17.6 Å². The molecular formula is C19H23N7. The van der Waals surface area contributed by atoms with Gasteiger partial charge in [-0.25, -0.2) is 0 Å². The minimum absolute atomic E-state index is 0.185. The van der Waals surface area contributed by atoms with Crippen molar-refractivity contribution in [3.8, 4) is 11.4 Å². The number of nitrogens with zero attached hydrogens (tertiary/aromatic N) is 4. The third-order valence-corrected chi connectivity index (χ3v) is 3.51. The summed E-state index contributed by atoms with van der Waals surface area (Å²) in [5.41, 5.74) is 8.27. The molecule has 0 saturated heterocycles. The molecule has 0 saturated carbocycles. The first-order valence-corrected chi connectivity index (χ1v) is 8.43. The molecule has 4 N–H and O–H groups in total. The SMILES string of the molecule is CC(C)(C)Nc1nc(NCc2ccccc2)nc(-c2cnccc2N)n1. The molecule has 0 aliphatic heterocycles. The van der Waals surface area contributed by atoms with E-state index in [1.165, 1.54) is 0 Å². The fraction of sp³-hybridized carbons (Fsp3) is 0.263. The van der Waals surface area contributed by atoms with Crippen LogP contribution in [0.3, 0.4) is 0 Å². The van der Waals surface area contributed by atoms with Crippen molar-refractivity contribution in [3.05, 3.63) is 54.4 Å². The maximum absolute atomic E-state index is 6.06. The number of anilines is 3. The zero-order valence-electron chi connectivity index (χ0n) is 15.2. The van der Waals surface area contributed by atoms with Gasteiger partial charge in [-0.3, -0.25) is 4.98 Å². The molecule has 0 aliphatic rings. The van der Waals surface area contributed by atoms with Gasteiger partial charge in [0.15, 0.2) is 5.82 Å². The minimum atomic E-state index is -0.185. The second-order valence-corrected chi connectivity index (χ2v) is 6.98. The standard InChI is InChI=1S/C19H23N7/c1-19(2,3)26-18-24-16(14-12-21-10-9-15(14)20)23-17(25-18)22-11-13-7-5-4-6-8-13/h4-10,12H,11H2,1-3H3,(H2,20,21)(H2,22,23,24,25,26). The van der Waals surface area contributed by atoms with Gasteiger partial charge >= 0.3 is 0 Å². The molecule has 0 aliphatic carbocycles. The van der Waals surface area contributed by atoms with Crippen molar-refractivity contribution in [1.82, 2.24) is 19.9 Å². The summed E-state index contributed by atoms with van der Waals surface area (Å²) < 4.78 is 0. The summed E-state index contributed by atoms with van der Waals surface area (Å²) in [6, 6.07) is 11.8. The highest BCUT2D eigenvalue weighted by Gasteiger charge is 2.16. The number of nitrogen functional groups attached to an aromatic ring is 1. The van der Waals surface area contributed by atoms with E-state index in [-0.39, 0.29) is 5.54 Å². The fourth-order valence-corrected chi connectivity index (χ4v) is 2.34. The molecule has 134 valence electrons.